The van der Waals surface area contributed by atoms with Crippen LogP contribution in [0, 0.1) is 0 Å². The molecule has 0 aromatic carbocycles. The molecule has 0 aromatic heterocycles. The minimum absolute atomic E-state index is 0.100. The van der Waals surface area contributed by atoms with Gasteiger partial charge in [0, 0.05) is 5.88 Å². The monoisotopic (exact) mass is 212 g/mol. The number of alkyl halides is 5. The first kappa shape index (κ1) is 10.1. The molecule has 0 amide bonds. The third-order valence-corrected chi connectivity index (χ3v) is 2.70. The summed E-state index contributed by atoms with van der Waals surface area (Å²) in [6, 6.07) is 0. The zero-order valence-corrected chi connectivity index (χ0v) is 7.35. The van der Waals surface area contributed by atoms with Crippen LogP contribution in [0.4, 0.5) is 4.39 Å². The van der Waals surface area contributed by atoms with Gasteiger partial charge >= 0.3 is 0 Å². The van der Waals surface area contributed by atoms with Crippen molar-refractivity contribution in [2.24, 2.45) is 0 Å². The average molecular weight is 214 g/mol. The van der Waals surface area contributed by atoms with E-state index in [4.69, 9.17) is 46.4 Å². The summed E-state index contributed by atoms with van der Waals surface area (Å²) in [5.41, 5.74) is -1.63. The van der Waals surface area contributed by atoms with Crippen LogP contribution in [0.2, 0.25) is 0 Å². The Bertz CT molecular complexity index is 77.0. The molecule has 0 nitrogen and oxygen atoms in total. The Morgan fingerprint density at radius 1 is 1.22 bits per heavy atom. The molecule has 0 radical (unpaired) electrons. The van der Waals surface area contributed by atoms with Crippen molar-refractivity contribution in [3.05, 3.63) is 0 Å². The quantitative estimate of drug-likeness (QED) is 0.633. The highest BCUT2D eigenvalue weighted by Gasteiger charge is 2.23. The van der Waals surface area contributed by atoms with E-state index in [0.29, 0.717) is 0 Å². The van der Waals surface area contributed by atoms with Gasteiger partial charge < -0.3 is 0 Å². The Balaban J connectivity index is 3.58. The molecule has 0 saturated carbocycles. The molecule has 0 rings (SSSR count). The fourth-order valence-corrected chi connectivity index (χ4v) is 0.993. The lowest BCUT2D eigenvalue weighted by atomic mass is 10.3. The Morgan fingerprint density at radius 2 is 1.67 bits per heavy atom. The molecule has 0 aliphatic carbocycles. The Labute approximate surface area is 73.2 Å². The van der Waals surface area contributed by atoms with Gasteiger partial charge in [-0.1, -0.05) is 11.6 Å². The molecular weight excluding hydrogens is 209 g/mol. The van der Waals surface area contributed by atoms with Gasteiger partial charge in [0.05, 0.1) is 10.8 Å². The predicted molar refractivity (Wildman–Crippen MR) is 40.8 cm³/mol. The minimum atomic E-state index is -1.63. The molecule has 0 saturated heterocycles. The molecule has 0 spiro atoms. The van der Waals surface area contributed by atoms with Crippen molar-refractivity contribution in [3.63, 3.8) is 0 Å². The van der Waals surface area contributed by atoms with Crippen LogP contribution in [0.15, 0.2) is 0 Å². The van der Waals surface area contributed by atoms with E-state index in [1.165, 1.54) is 0 Å². The van der Waals surface area contributed by atoms with Gasteiger partial charge in [-0.15, -0.1) is 34.8 Å². The van der Waals surface area contributed by atoms with Crippen LogP contribution in [0.25, 0.3) is 0 Å². The summed E-state index contributed by atoms with van der Waals surface area (Å²) in [6.45, 7) is 0. The molecule has 9 heavy (non-hydrogen) atoms. The van der Waals surface area contributed by atoms with Crippen LogP contribution in [-0.2, 0) is 0 Å². The van der Waals surface area contributed by atoms with Gasteiger partial charge in [0.25, 0.3) is 0 Å². The first-order valence-corrected chi connectivity index (χ1v) is 4.06. The van der Waals surface area contributed by atoms with E-state index in [0.717, 1.165) is 0 Å². The van der Waals surface area contributed by atoms with Gasteiger partial charge in [0.1, 0.15) is 0 Å². The van der Waals surface area contributed by atoms with E-state index < -0.39 is 16.4 Å². The predicted octanol–water partition coefficient (Wildman–Crippen LogP) is 2.97. The fraction of sp³-hybridized carbons (Fsp3) is 1.00. The Hall–Kier alpha value is 1.09. The molecule has 3 atom stereocenters. The highest BCUT2D eigenvalue weighted by Crippen LogP contribution is 2.20. The van der Waals surface area contributed by atoms with Crippen molar-refractivity contribution >= 4 is 46.4 Å². The van der Waals surface area contributed by atoms with Crippen LogP contribution < -0.4 is 0 Å². The van der Waals surface area contributed by atoms with Gasteiger partial charge in [0.15, 0.2) is 5.63 Å². The summed E-state index contributed by atoms with van der Waals surface area (Å²) < 4.78 is 12.0. The van der Waals surface area contributed by atoms with Crippen molar-refractivity contribution in [2.75, 3.05) is 5.88 Å². The van der Waals surface area contributed by atoms with Gasteiger partial charge in [-0.25, -0.2) is 4.39 Å². The molecule has 3 unspecified atom stereocenters. The van der Waals surface area contributed by atoms with E-state index in [1.807, 2.05) is 0 Å². The molecule has 0 N–H and O–H groups in total. The van der Waals surface area contributed by atoms with Crippen LogP contribution >= 0.6 is 46.4 Å². The van der Waals surface area contributed by atoms with Crippen molar-refractivity contribution in [1.29, 1.82) is 0 Å². The maximum atomic E-state index is 12.0. The van der Waals surface area contributed by atoms with Crippen LogP contribution in [0.1, 0.15) is 0 Å². The van der Waals surface area contributed by atoms with Crippen LogP contribution in [0.3, 0.4) is 0 Å². The number of hydrogen-bond acceptors (Lipinski definition) is 0. The molecule has 0 fully saturated rings. The lowest BCUT2D eigenvalue weighted by Crippen LogP contribution is -2.23. The van der Waals surface area contributed by atoms with Crippen molar-refractivity contribution < 1.29 is 4.39 Å². The molecule has 5 heteroatoms. The number of hydrogen-bond donors (Lipinski definition) is 0. The fourth-order valence-electron chi connectivity index (χ4n) is 0.243. The second-order valence-corrected chi connectivity index (χ2v) is 3.24. The molecule has 0 aromatic rings. The topological polar surface area (TPSA) is 0 Å². The van der Waals surface area contributed by atoms with E-state index in [2.05, 4.69) is 0 Å². The standard InChI is InChI=1S/C4H5Cl4F/c5-1-2(6)3(7)4(8)9/h2-4H,1H2. The summed E-state index contributed by atoms with van der Waals surface area (Å²) in [7, 11) is 0. The third-order valence-electron chi connectivity index (χ3n) is 0.734. The van der Waals surface area contributed by atoms with Gasteiger partial charge in [-0.2, -0.15) is 0 Å². The van der Waals surface area contributed by atoms with Gasteiger partial charge in [-0.05, 0) is 0 Å². The lowest BCUT2D eigenvalue weighted by molar-refractivity contribution is 0.425. The number of rotatable bonds is 3. The largest absolute Gasteiger partial charge is 0.228 e. The maximum Gasteiger partial charge on any atom is 0.191 e. The van der Waals surface area contributed by atoms with Crippen molar-refractivity contribution in [3.8, 4) is 0 Å². The van der Waals surface area contributed by atoms with Gasteiger partial charge in [0.2, 0.25) is 0 Å². The summed E-state index contributed by atoms with van der Waals surface area (Å²) >= 11 is 21.0. The summed E-state index contributed by atoms with van der Waals surface area (Å²) in [4.78, 5) is 0. The zero-order valence-electron chi connectivity index (χ0n) is 4.33. The molecule has 0 aliphatic rings. The summed E-state index contributed by atoms with van der Waals surface area (Å²) in [6.07, 6.45) is 0. The third kappa shape index (κ3) is 3.72. The highest BCUT2D eigenvalue weighted by molar-refractivity contribution is 6.36. The molecular formula is C4H5Cl4F. The zero-order chi connectivity index (χ0) is 7.44. The number of halogens is 5. The summed E-state index contributed by atoms with van der Waals surface area (Å²) in [5.74, 6) is 0.100. The van der Waals surface area contributed by atoms with Crippen LogP contribution in [-0.4, -0.2) is 22.3 Å². The second kappa shape index (κ2) is 4.84. The molecule has 56 valence electrons. The lowest BCUT2D eigenvalue weighted by Gasteiger charge is -2.11. The minimum Gasteiger partial charge on any atom is -0.228 e. The smallest absolute Gasteiger partial charge is 0.191 e. The molecule has 0 bridgehead atoms. The average Bonchev–Trinajstić information content (AvgIpc) is 1.84. The second-order valence-electron chi connectivity index (χ2n) is 1.45. The van der Waals surface area contributed by atoms with Crippen molar-refractivity contribution in [1.82, 2.24) is 0 Å². The Morgan fingerprint density at radius 3 is 1.78 bits per heavy atom. The van der Waals surface area contributed by atoms with E-state index in [-0.39, 0.29) is 5.88 Å². The highest BCUT2D eigenvalue weighted by atomic mass is 35.5. The van der Waals surface area contributed by atoms with E-state index in [1.54, 1.807) is 0 Å². The first-order chi connectivity index (χ1) is 4.09. The Kier molecular flexibility index (Phi) is 5.42. The van der Waals surface area contributed by atoms with E-state index in [9.17, 15) is 4.39 Å². The van der Waals surface area contributed by atoms with E-state index >= 15 is 0 Å². The van der Waals surface area contributed by atoms with Gasteiger partial charge in [-0.3, -0.25) is 0 Å². The van der Waals surface area contributed by atoms with Crippen LogP contribution in [0.5, 0.6) is 0 Å². The SMILES string of the molecule is FC(Cl)C(Cl)C(Cl)CCl. The molecule has 0 aliphatic heterocycles. The maximum absolute atomic E-state index is 12.0. The first-order valence-electron chi connectivity index (χ1n) is 2.22. The summed E-state index contributed by atoms with van der Waals surface area (Å²) in [5, 5.41) is -1.52. The molecule has 0 heterocycles. The van der Waals surface area contributed by atoms with Crippen molar-refractivity contribution in [2.45, 2.75) is 16.4 Å². The normalized spacial score (nSPS) is 21.0.